The summed E-state index contributed by atoms with van der Waals surface area (Å²) in [6.45, 7) is -1.28. The molecule has 94 valence electrons. The molecule has 1 aromatic heterocycles. The maximum absolute atomic E-state index is 12.5. The van der Waals surface area contributed by atoms with Gasteiger partial charge in [-0.1, -0.05) is 0 Å². The second-order valence-electron chi connectivity index (χ2n) is 4.14. The van der Waals surface area contributed by atoms with Crippen molar-refractivity contribution in [3.05, 3.63) is 24.0 Å². The fourth-order valence-electron chi connectivity index (χ4n) is 1.81. The first-order chi connectivity index (χ1) is 8.01. The summed E-state index contributed by atoms with van der Waals surface area (Å²) in [5.41, 5.74) is 0.867. The molecule has 1 fully saturated rings. The van der Waals surface area contributed by atoms with Crippen LogP contribution in [0.3, 0.4) is 0 Å². The first-order valence-electron chi connectivity index (χ1n) is 5.38. The molecule has 0 bridgehead atoms. The minimum atomic E-state index is -4.24. The topological polar surface area (TPSA) is 36.4 Å². The van der Waals surface area contributed by atoms with E-state index in [-0.39, 0.29) is 12.6 Å². The van der Waals surface area contributed by atoms with Gasteiger partial charge in [0.2, 0.25) is 0 Å². The molecule has 0 spiro atoms. The van der Waals surface area contributed by atoms with E-state index in [0.717, 1.165) is 12.8 Å². The number of alkyl halides is 3. The van der Waals surface area contributed by atoms with Gasteiger partial charge in [-0.15, -0.1) is 0 Å². The van der Waals surface area contributed by atoms with Gasteiger partial charge in [0, 0.05) is 29.7 Å². The van der Waals surface area contributed by atoms with E-state index in [2.05, 4.69) is 4.98 Å². The Morgan fingerprint density at radius 1 is 1.41 bits per heavy atom. The molecule has 0 amide bonds. The highest BCUT2D eigenvalue weighted by Gasteiger charge is 2.38. The summed E-state index contributed by atoms with van der Waals surface area (Å²) < 4.78 is 37.5. The number of hydrogen-bond donors (Lipinski definition) is 1. The zero-order chi connectivity index (χ0) is 12.5. The summed E-state index contributed by atoms with van der Waals surface area (Å²) in [6, 6.07) is 1.46. The minimum Gasteiger partial charge on any atom is -0.392 e. The maximum atomic E-state index is 12.5. The fourth-order valence-corrected chi connectivity index (χ4v) is 1.81. The van der Waals surface area contributed by atoms with Crippen molar-refractivity contribution in [2.24, 2.45) is 0 Å². The third-order valence-electron chi connectivity index (χ3n) is 2.69. The van der Waals surface area contributed by atoms with Gasteiger partial charge in [0.15, 0.2) is 0 Å². The molecule has 3 nitrogen and oxygen atoms in total. The van der Waals surface area contributed by atoms with Crippen LogP contribution >= 0.6 is 0 Å². The van der Waals surface area contributed by atoms with Gasteiger partial charge in [0.25, 0.3) is 0 Å². The molecular formula is C11H13F3N2O. The SMILES string of the molecule is OCc1cnccc1N(CC(F)(F)F)C1CC1. The molecule has 0 unspecified atom stereocenters. The highest BCUT2D eigenvalue weighted by molar-refractivity contribution is 5.54. The van der Waals surface area contributed by atoms with E-state index in [1.165, 1.54) is 23.4 Å². The normalized spacial score (nSPS) is 16.0. The van der Waals surface area contributed by atoms with Crippen LogP contribution in [0.25, 0.3) is 0 Å². The predicted molar refractivity (Wildman–Crippen MR) is 56.6 cm³/mol. The van der Waals surface area contributed by atoms with E-state index in [4.69, 9.17) is 5.11 Å². The quantitative estimate of drug-likeness (QED) is 0.883. The number of rotatable bonds is 4. The Hall–Kier alpha value is -1.30. The van der Waals surface area contributed by atoms with Crippen LogP contribution < -0.4 is 4.90 Å². The van der Waals surface area contributed by atoms with Crippen LogP contribution in [0, 0.1) is 0 Å². The van der Waals surface area contributed by atoms with Gasteiger partial charge in [-0.2, -0.15) is 13.2 Å². The molecule has 2 rings (SSSR count). The highest BCUT2D eigenvalue weighted by atomic mass is 19.4. The van der Waals surface area contributed by atoms with Crippen molar-refractivity contribution in [2.75, 3.05) is 11.4 Å². The lowest BCUT2D eigenvalue weighted by Crippen LogP contribution is -2.36. The number of aliphatic hydroxyl groups is 1. The first kappa shape index (κ1) is 12.2. The van der Waals surface area contributed by atoms with E-state index in [1.807, 2.05) is 0 Å². The average molecular weight is 246 g/mol. The number of aliphatic hydroxyl groups excluding tert-OH is 1. The number of hydrogen-bond acceptors (Lipinski definition) is 3. The summed E-state index contributed by atoms with van der Waals surface area (Å²) in [6.07, 6.45) is 0.145. The second kappa shape index (κ2) is 4.52. The van der Waals surface area contributed by atoms with Crippen LogP contribution in [0.15, 0.2) is 18.5 Å². The molecule has 1 saturated carbocycles. The predicted octanol–water partition coefficient (Wildman–Crippen LogP) is 2.10. The molecule has 0 atom stereocenters. The van der Waals surface area contributed by atoms with E-state index in [1.54, 1.807) is 0 Å². The van der Waals surface area contributed by atoms with Crippen molar-refractivity contribution in [2.45, 2.75) is 31.7 Å². The molecule has 1 N–H and O–H groups in total. The van der Waals surface area contributed by atoms with Gasteiger partial charge in [-0.3, -0.25) is 4.98 Å². The fraction of sp³-hybridized carbons (Fsp3) is 0.545. The molecule has 0 saturated heterocycles. The lowest BCUT2D eigenvalue weighted by atomic mass is 10.2. The Balaban J connectivity index is 2.26. The largest absolute Gasteiger partial charge is 0.405 e. The standard InChI is InChI=1S/C11H13F3N2O/c12-11(13,14)7-16(9-1-2-9)10-3-4-15-5-8(10)6-17/h3-5,9,17H,1-2,6-7H2. The van der Waals surface area contributed by atoms with Gasteiger partial charge in [-0.05, 0) is 18.9 Å². The van der Waals surface area contributed by atoms with E-state index in [0.29, 0.717) is 11.3 Å². The summed E-state index contributed by atoms with van der Waals surface area (Å²) >= 11 is 0. The van der Waals surface area contributed by atoms with Gasteiger partial charge in [-0.25, -0.2) is 0 Å². The average Bonchev–Trinajstić information content (AvgIpc) is 3.08. The van der Waals surface area contributed by atoms with Gasteiger partial charge < -0.3 is 10.0 Å². The molecule has 17 heavy (non-hydrogen) atoms. The Morgan fingerprint density at radius 3 is 2.65 bits per heavy atom. The third-order valence-corrected chi connectivity index (χ3v) is 2.69. The number of halogens is 3. The molecule has 0 aliphatic heterocycles. The van der Waals surface area contributed by atoms with Crippen molar-refractivity contribution >= 4 is 5.69 Å². The number of nitrogens with zero attached hydrogens (tertiary/aromatic N) is 2. The van der Waals surface area contributed by atoms with Crippen molar-refractivity contribution in [1.82, 2.24) is 4.98 Å². The highest BCUT2D eigenvalue weighted by Crippen LogP contribution is 2.35. The zero-order valence-electron chi connectivity index (χ0n) is 9.11. The summed E-state index contributed by atoms with van der Waals surface area (Å²) in [7, 11) is 0. The molecule has 1 aromatic rings. The summed E-state index contributed by atoms with van der Waals surface area (Å²) in [4.78, 5) is 5.12. The number of aromatic nitrogens is 1. The Morgan fingerprint density at radius 2 is 2.12 bits per heavy atom. The Kier molecular flexibility index (Phi) is 3.24. The van der Waals surface area contributed by atoms with Crippen LogP contribution in [0.5, 0.6) is 0 Å². The van der Waals surface area contributed by atoms with Crippen LogP contribution in [0.2, 0.25) is 0 Å². The van der Waals surface area contributed by atoms with E-state index >= 15 is 0 Å². The molecule has 6 heteroatoms. The third kappa shape index (κ3) is 3.09. The zero-order valence-corrected chi connectivity index (χ0v) is 9.11. The Labute approximate surface area is 96.9 Å². The lowest BCUT2D eigenvalue weighted by molar-refractivity contribution is -0.120. The smallest absolute Gasteiger partial charge is 0.392 e. The van der Waals surface area contributed by atoms with Crippen LogP contribution in [-0.4, -0.2) is 28.9 Å². The van der Waals surface area contributed by atoms with Crippen LogP contribution in [0.4, 0.5) is 18.9 Å². The molecular weight excluding hydrogens is 233 g/mol. The lowest BCUT2D eigenvalue weighted by Gasteiger charge is -2.27. The Bertz CT molecular complexity index is 391. The van der Waals surface area contributed by atoms with Crippen molar-refractivity contribution in [1.29, 1.82) is 0 Å². The van der Waals surface area contributed by atoms with Crippen molar-refractivity contribution in [3.8, 4) is 0 Å². The number of anilines is 1. The van der Waals surface area contributed by atoms with Crippen molar-refractivity contribution in [3.63, 3.8) is 0 Å². The van der Waals surface area contributed by atoms with Gasteiger partial charge in [0.05, 0.1) is 6.61 Å². The first-order valence-corrected chi connectivity index (χ1v) is 5.38. The van der Waals surface area contributed by atoms with Gasteiger partial charge in [0.1, 0.15) is 6.54 Å². The van der Waals surface area contributed by atoms with Gasteiger partial charge >= 0.3 is 6.18 Å². The molecule has 1 aliphatic rings. The monoisotopic (exact) mass is 246 g/mol. The van der Waals surface area contributed by atoms with E-state index < -0.39 is 12.7 Å². The molecule has 0 aromatic carbocycles. The van der Waals surface area contributed by atoms with Crippen LogP contribution in [0.1, 0.15) is 18.4 Å². The minimum absolute atomic E-state index is 0.0654. The summed E-state index contributed by atoms with van der Waals surface area (Å²) in [5.74, 6) is 0. The molecule has 1 aliphatic carbocycles. The number of pyridine rings is 1. The maximum Gasteiger partial charge on any atom is 0.405 e. The second-order valence-corrected chi connectivity index (χ2v) is 4.14. The van der Waals surface area contributed by atoms with Crippen LogP contribution in [-0.2, 0) is 6.61 Å². The van der Waals surface area contributed by atoms with E-state index in [9.17, 15) is 13.2 Å². The molecule has 0 radical (unpaired) electrons. The molecule has 1 heterocycles. The summed E-state index contributed by atoms with van der Waals surface area (Å²) in [5, 5.41) is 9.12. The van der Waals surface area contributed by atoms with Crippen molar-refractivity contribution < 1.29 is 18.3 Å².